The molecule has 23 heavy (non-hydrogen) atoms. The summed E-state index contributed by atoms with van der Waals surface area (Å²) in [5.74, 6) is -2.30. The predicted octanol–water partition coefficient (Wildman–Crippen LogP) is 3.92. The zero-order chi connectivity index (χ0) is 17.0. The largest absolute Gasteiger partial charge is 0.471 e. The van der Waals surface area contributed by atoms with Crippen LogP contribution in [0.2, 0.25) is 0 Å². The van der Waals surface area contributed by atoms with Crippen LogP contribution in [-0.4, -0.2) is 24.5 Å². The Morgan fingerprint density at radius 2 is 1.96 bits per heavy atom. The van der Waals surface area contributed by atoms with Crippen LogP contribution < -0.4 is 10.2 Å². The lowest BCUT2D eigenvalue weighted by Gasteiger charge is -2.22. The summed E-state index contributed by atoms with van der Waals surface area (Å²) in [7, 11) is 0. The molecule has 0 saturated heterocycles. The van der Waals surface area contributed by atoms with Crippen LogP contribution in [0.1, 0.15) is 16.6 Å². The summed E-state index contributed by atoms with van der Waals surface area (Å²) in [6.07, 6.45) is -4.95. The maximum absolute atomic E-state index is 12.6. The molecule has 0 radical (unpaired) electrons. The zero-order valence-electron chi connectivity index (χ0n) is 12.1. The normalized spacial score (nSPS) is 11.1. The minimum absolute atomic E-state index is 0.0683. The van der Waals surface area contributed by atoms with Crippen LogP contribution in [0.5, 0.6) is 0 Å². The van der Waals surface area contributed by atoms with Gasteiger partial charge in [0.1, 0.15) is 0 Å². The van der Waals surface area contributed by atoms with Gasteiger partial charge in [-0.3, -0.25) is 9.59 Å². The Morgan fingerprint density at radius 3 is 2.52 bits per heavy atom. The topological polar surface area (TPSA) is 49.4 Å². The number of halogens is 3. The monoisotopic (exact) mass is 342 g/mol. The number of alkyl halides is 3. The molecular formula is C15H13F3N2O2S. The van der Waals surface area contributed by atoms with Gasteiger partial charge < -0.3 is 10.2 Å². The lowest BCUT2D eigenvalue weighted by molar-refractivity contribution is -0.170. The van der Waals surface area contributed by atoms with E-state index in [2.05, 4.69) is 5.32 Å². The summed E-state index contributed by atoms with van der Waals surface area (Å²) in [5.41, 5.74) is 0.383. The fourth-order valence-corrected chi connectivity index (χ4v) is 2.57. The second-order valence-corrected chi connectivity index (χ2v) is 5.48. The number of nitrogens with zero attached hydrogens (tertiary/aromatic N) is 1. The van der Waals surface area contributed by atoms with Crippen molar-refractivity contribution in [3.63, 3.8) is 0 Å². The molecule has 122 valence electrons. The Morgan fingerprint density at radius 1 is 1.22 bits per heavy atom. The molecule has 2 aromatic rings. The van der Waals surface area contributed by atoms with Crippen molar-refractivity contribution in [2.45, 2.75) is 13.1 Å². The van der Waals surface area contributed by atoms with Gasteiger partial charge in [0, 0.05) is 17.9 Å². The molecule has 2 rings (SSSR count). The number of carbonyl (C=O) groups is 2. The number of carbonyl (C=O) groups excluding carboxylic acids is 2. The summed E-state index contributed by atoms with van der Waals surface area (Å²) < 4.78 is 37.8. The van der Waals surface area contributed by atoms with Gasteiger partial charge in [0.15, 0.2) is 0 Å². The van der Waals surface area contributed by atoms with Crippen molar-refractivity contribution in [1.29, 1.82) is 0 Å². The van der Waals surface area contributed by atoms with E-state index in [1.807, 2.05) is 0 Å². The number of amides is 2. The molecule has 0 aliphatic carbocycles. The molecule has 1 N–H and O–H groups in total. The lowest BCUT2D eigenvalue weighted by Crippen LogP contribution is -2.41. The highest BCUT2D eigenvalue weighted by atomic mass is 32.1. The molecule has 8 heteroatoms. The summed E-state index contributed by atoms with van der Waals surface area (Å²) in [6, 6.07) is 9.09. The number of hydrogen-bond acceptors (Lipinski definition) is 3. The summed E-state index contributed by atoms with van der Waals surface area (Å²) in [4.78, 5) is 24.5. The molecular weight excluding hydrogens is 329 g/mol. The van der Waals surface area contributed by atoms with E-state index in [-0.39, 0.29) is 18.1 Å². The van der Waals surface area contributed by atoms with Crippen molar-refractivity contribution in [3.8, 4) is 0 Å². The molecule has 0 saturated carbocycles. The van der Waals surface area contributed by atoms with E-state index in [1.165, 1.54) is 36.5 Å². The molecule has 2 amide bonds. The van der Waals surface area contributed by atoms with Crippen molar-refractivity contribution < 1.29 is 22.8 Å². The van der Waals surface area contributed by atoms with Crippen LogP contribution in [0.3, 0.4) is 0 Å². The van der Waals surface area contributed by atoms with Crippen LogP contribution in [0.15, 0.2) is 41.8 Å². The van der Waals surface area contributed by atoms with E-state index in [1.54, 1.807) is 23.6 Å². The van der Waals surface area contributed by atoms with Crippen molar-refractivity contribution in [2.24, 2.45) is 0 Å². The van der Waals surface area contributed by atoms with Crippen molar-refractivity contribution >= 4 is 34.5 Å². The Labute approximate surface area is 134 Å². The molecule has 0 bridgehead atoms. The van der Waals surface area contributed by atoms with Gasteiger partial charge in [-0.1, -0.05) is 12.1 Å². The standard InChI is InChI=1S/C15H13F3N2O2S/c1-2-20(14(22)15(16,17)18)11-6-3-5-10(9-11)19-13(21)12-7-4-8-23-12/h3-9H,2H2,1H3,(H,19,21). The zero-order valence-corrected chi connectivity index (χ0v) is 12.9. The van der Waals surface area contributed by atoms with Crippen LogP contribution >= 0.6 is 11.3 Å². The smallest absolute Gasteiger partial charge is 0.321 e. The van der Waals surface area contributed by atoms with E-state index in [4.69, 9.17) is 0 Å². The Kier molecular flexibility index (Phi) is 5.05. The maximum atomic E-state index is 12.6. The van der Waals surface area contributed by atoms with Gasteiger partial charge in [-0.2, -0.15) is 13.2 Å². The molecule has 1 aromatic heterocycles. The third-order valence-electron chi connectivity index (χ3n) is 2.96. The van der Waals surface area contributed by atoms with E-state index < -0.39 is 12.1 Å². The molecule has 4 nitrogen and oxygen atoms in total. The molecule has 1 aromatic carbocycles. The van der Waals surface area contributed by atoms with Crippen LogP contribution in [0.25, 0.3) is 0 Å². The molecule has 0 fully saturated rings. The van der Waals surface area contributed by atoms with Gasteiger partial charge in [-0.15, -0.1) is 11.3 Å². The number of nitrogens with one attached hydrogen (secondary N) is 1. The first kappa shape index (κ1) is 17.0. The Bertz CT molecular complexity index is 699. The number of rotatable bonds is 4. The third-order valence-corrected chi connectivity index (χ3v) is 3.83. The first-order valence-electron chi connectivity index (χ1n) is 6.66. The molecule has 1 heterocycles. The second-order valence-electron chi connectivity index (χ2n) is 4.53. The van der Waals surface area contributed by atoms with Crippen molar-refractivity contribution in [2.75, 3.05) is 16.8 Å². The quantitative estimate of drug-likeness (QED) is 0.916. The number of anilines is 2. The highest BCUT2D eigenvalue weighted by Crippen LogP contribution is 2.26. The SMILES string of the molecule is CCN(C(=O)C(F)(F)F)c1cccc(NC(=O)c2cccs2)c1. The fourth-order valence-electron chi connectivity index (χ4n) is 1.95. The second kappa shape index (κ2) is 6.82. The number of thiophene rings is 1. The van der Waals surface area contributed by atoms with Gasteiger partial charge in [0.2, 0.25) is 0 Å². The molecule has 0 unspecified atom stereocenters. The van der Waals surface area contributed by atoms with Crippen LogP contribution in [0.4, 0.5) is 24.5 Å². The average Bonchev–Trinajstić information content (AvgIpc) is 3.01. The predicted molar refractivity (Wildman–Crippen MR) is 82.8 cm³/mol. The fraction of sp³-hybridized carbons (Fsp3) is 0.200. The molecule has 0 atom stereocenters. The first-order chi connectivity index (χ1) is 10.8. The minimum Gasteiger partial charge on any atom is -0.321 e. The van der Waals surface area contributed by atoms with Crippen molar-refractivity contribution in [1.82, 2.24) is 0 Å². The number of hydrogen-bond donors (Lipinski definition) is 1. The van der Waals surface area contributed by atoms with Gasteiger partial charge in [0.05, 0.1) is 4.88 Å². The summed E-state index contributed by atoms with van der Waals surface area (Å²) >= 11 is 1.25. The van der Waals surface area contributed by atoms with E-state index >= 15 is 0 Å². The molecule has 0 aliphatic heterocycles. The number of benzene rings is 1. The lowest BCUT2D eigenvalue weighted by atomic mass is 10.2. The summed E-state index contributed by atoms with van der Waals surface area (Å²) in [6.45, 7) is 1.31. The van der Waals surface area contributed by atoms with Gasteiger partial charge >= 0.3 is 12.1 Å². The Balaban J connectivity index is 2.21. The molecule has 0 aliphatic rings. The average molecular weight is 342 g/mol. The summed E-state index contributed by atoms with van der Waals surface area (Å²) in [5, 5.41) is 4.34. The van der Waals surface area contributed by atoms with Gasteiger partial charge in [-0.05, 0) is 36.6 Å². The van der Waals surface area contributed by atoms with E-state index in [9.17, 15) is 22.8 Å². The van der Waals surface area contributed by atoms with Gasteiger partial charge in [0.25, 0.3) is 5.91 Å². The van der Waals surface area contributed by atoms with Crippen LogP contribution in [0, 0.1) is 0 Å². The van der Waals surface area contributed by atoms with Gasteiger partial charge in [-0.25, -0.2) is 0 Å². The van der Waals surface area contributed by atoms with E-state index in [0.29, 0.717) is 15.5 Å². The third kappa shape index (κ3) is 4.10. The van der Waals surface area contributed by atoms with Crippen LogP contribution in [-0.2, 0) is 4.79 Å². The van der Waals surface area contributed by atoms with Crippen molar-refractivity contribution in [3.05, 3.63) is 46.7 Å². The maximum Gasteiger partial charge on any atom is 0.471 e. The first-order valence-corrected chi connectivity index (χ1v) is 7.54. The minimum atomic E-state index is -4.95. The Hall–Kier alpha value is -2.35. The highest BCUT2D eigenvalue weighted by Gasteiger charge is 2.42. The molecule has 0 spiro atoms. The highest BCUT2D eigenvalue weighted by molar-refractivity contribution is 7.12. The van der Waals surface area contributed by atoms with E-state index in [0.717, 1.165) is 0 Å².